The number of amides is 1. The molecule has 1 heterocycles. The van der Waals surface area contributed by atoms with E-state index in [-0.39, 0.29) is 18.6 Å². The van der Waals surface area contributed by atoms with Crippen LogP contribution in [0, 0.1) is 5.92 Å². The molecule has 2 rings (SSSR count). The van der Waals surface area contributed by atoms with Crippen LogP contribution in [-0.4, -0.2) is 56.3 Å². The highest BCUT2D eigenvalue weighted by molar-refractivity contribution is 5.77. The monoisotopic (exact) mass is 320 g/mol. The number of nitrogens with zero attached hydrogens (tertiary/aromatic N) is 1. The van der Waals surface area contributed by atoms with E-state index < -0.39 is 0 Å². The first-order chi connectivity index (χ1) is 11.1. The van der Waals surface area contributed by atoms with Gasteiger partial charge in [-0.15, -0.1) is 0 Å². The fourth-order valence-electron chi connectivity index (χ4n) is 2.70. The van der Waals surface area contributed by atoms with Gasteiger partial charge in [0.15, 0.2) is 0 Å². The van der Waals surface area contributed by atoms with Crippen molar-refractivity contribution in [2.45, 2.75) is 26.6 Å². The Hall–Kier alpha value is -1.43. The smallest absolute Gasteiger partial charge is 0.246 e. The molecule has 0 saturated carbocycles. The molecule has 1 N–H and O–H groups in total. The molecule has 1 unspecified atom stereocenters. The second-order valence-corrected chi connectivity index (χ2v) is 6.43. The first-order valence-electron chi connectivity index (χ1n) is 8.36. The molecule has 128 valence electrons. The van der Waals surface area contributed by atoms with Gasteiger partial charge in [-0.05, 0) is 11.5 Å². The van der Waals surface area contributed by atoms with E-state index in [1.807, 2.05) is 30.3 Å². The summed E-state index contributed by atoms with van der Waals surface area (Å²) in [5, 5.41) is 2.90. The van der Waals surface area contributed by atoms with Crippen LogP contribution in [0.5, 0.6) is 0 Å². The summed E-state index contributed by atoms with van der Waals surface area (Å²) in [6.07, 6.45) is 0.0700. The number of hydrogen-bond acceptors (Lipinski definition) is 4. The van der Waals surface area contributed by atoms with Gasteiger partial charge in [-0.25, -0.2) is 0 Å². The minimum Gasteiger partial charge on any atom is -0.374 e. The topological polar surface area (TPSA) is 50.8 Å². The van der Waals surface area contributed by atoms with Gasteiger partial charge in [0.05, 0.1) is 19.3 Å². The summed E-state index contributed by atoms with van der Waals surface area (Å²) >= 11 is 0. The highest BCUT2D eigenvalue weighted by atomic mass is 16.5. The van der Waals surface area contributed by atoms with E-state index in [9.17, 15) is 4.79 Å². The molecule has 0 aliphatic carbocycles. The van der Waals surface area contributed by atoms with E-state index in [4.69, 9.17) is 9.47 Å². The molecule has 1 amide bonds. The zero-order chi connectivity index (χ0) is 16.5. The third-order valence-corrected chi connectivity index (χ3v) is 3.72. The van der Waals surface area contributed by atoms with Crippen LogP contribution in [0.2, 0.25) is 0 Å². The van der Waals surface area contributed by atoms with Crippen LogP contribution in [0.15, 0.2) is 30.3 Å². The molecule has 1 atom stereocenters. The summed E-state index contributed by atoms with van der Waals surface area (Å²) < 4.78 is 11.1. The number of rotatable bonds is 8. The first kappa shape index (κ1) is 17.9. The number of morpholine rings is 1. The molecular formula is C18H28N2O3. The van der Waals surface area contributed by atoms with Crippen LogP contribution in [0.3, 0.4) is 0 Å². The average molecular weight is 320 g/mol. The molecular weight excluding hydrogens is 292 g/mol. The second kappa shape index (κ2) is 9.65. The Morgan fingerprint density at radius 1 is 1.39 bits per heavy atom. The maximum atomic E-state index is 11.8. The highest BCUT2D eigenvalue weighted by Gasteiger charge is 2.21. The Morgan fingerprint density at radius 3 is 2.91 bits per heavy atom. The van der Waals surface area contributed by atoms with Crippen LogP contribution in [0.4, 0.5) is 0 Å². The third-order valence-electron chi connectivity index (χ3n) is 3.72. The van der Waals surface area contributed by atoms with Crippen LogP contribution >= 0.6 is 0 Å². The van der Waals surface area contributed by atoms with Crippen molar-refractivity contribution in [3.8, 4) is 0 Å². The Balaban J connectivity index is 1.60. The lowest BCUT2D eigenvalue weighted by atomic mass is 10.2. The van der Waals surface area contributed by atoms with Crippen molar-refractivity contribution in [2.24, 2.45) is 5.92 Å². The fourth-order valence-corrected chi connectivity index (χ4v) is 2.70. The first-order valence-corrected chi connectivity index (χ1v) is 8.36. The van der Waals surface area contributed by atoms with Crippen LogP contribution in [-0.2, 0) is 20.9 Å². The van der Waals surface area contributed by atoms with Gasteiger partial charge in [0, 0.05) is 26.2 Å². The summed E-state index contributed by atoms with van der Waals surface area (Å²) in [5.74, 6) is 0.556. The Morgan fingerprint density at radius 2 is 2.17 bits per heavy atom. The number of ether oxygens (including phenoxy) is 2. The van der Waals surface area contributed by atoms with E-state index in [0.717, 1.165) is 31.8 Å². The molecule has 1 aliphatic heterocycles. The largest absolute Gasteiger partial charge is 0.374 e. The van der Waals surface area contributed by atoms with E-state index >= 15 is 0 Å². The fraction of sp³-hybridized carbons (Fsp3) is 0.611. The van der Waals surface area contributed by atoms with E-state index in [1.165, 1.54) is 0 Å². The van der Waals surface area contributed by atoms with Gasteiger partial charge in [-0.2, -0.15) is 0 Å². The van der Waals surface area contributed by atoms with Crippen molar-refractivity contribution in [2.75, 3.05) is 39.4 Å². The maximum absolute atomic E-state index is 11.8. The summed E-state index contributed by atoms with van der Waals surface area (Å²) in [5.41, 5.74) is 1.07. The van der Waals surface area contributed by atoms with E-state index in [0.29, 0.717) is 19.1 Å². The molecule has 1 aromatic rings. The second-order valence-electron chi connectivity index (χ2n) is 6.43. The number of benzene rings is 1. The number of nitrogens with one attached hydrogen (secondary N) is 1. The highest BCUT2D eigenvalue weighted by Crippen LogP contribution is 2.07. The van der Waals surface area contributed by atoms with Gasteiger partial charge in [0.1, 0.15) is 6.61 Å². The normalized spacial score (nSPS) is 19.0. The Kier molecular flexibility index (Phi) is 7.52. The molecule has 0 spiro atoms. The van der Waals surface area contributed by atoms with Gasteiger partial charge in [0.2, 0.25) is 5.91 Å². The average Bonchev–Trinajstić information content (AvgIpc) is 2.54. The maximum Gasteiger partial charge on any atom is 0.246 e. The van der Waals surface area contributed by atoms with Gasteiger partial charge < -0.3 is 14.8 Å². The predicted octanol–water partition coefficient (Wildman–Crippen LogP) is 1.68. The zero-order valence-corrected chi connectivity index (χ0v) is 14.2. The number of carbonyl (C=O) groups is 1. The third kappa shape index (κ3) is 7.12. The molecule has 1 fully saturated rings. The lowest BCUT2D eigenvalue weighted by Gasteiger charge is -2.33. The van der Waals surface area contributed by atoms with Crippen molar-refractivity contribution in [3.63, 3.8) is 0 Å². The van der Waals surface area contributed by atoms with Gasteiger partial charge in [-0.3, -0.25) is 9.69 Å². The molecule has 1 saturated heterocycles. The van der Waals surface area contributed by atoms with Crippen molar-refractivity contribution in [1.82, 2.24) is 10.2 Å². The summed E-state index contributed by atoms with van der Waals surface area (Å²) in [7, 11) is 0. The lowest BCUT2D eigenvalue weighted by Crippen LogP contribution is -2.48. The van der Waals surface area contributed by atoms with Crippen LogP contribution < -0.4 is 5.32 Å². The van der Waals surface area contributed by atoms with Gasteiger partial charge in [-0.1, -0.05) is 44.2 Å². The van der Waals surface area contributed by atoms with Crippen molar-refractivity contribution in [3.05, 3.63) is 35.9 Å². The lowest BCUT2D eigenvalue weighted by molar-refractivity contribution is -0.127. The minimum atomic E-state index is -0.0921. The molecule has 5 nitrogen and oxygen atoms in total. The summed E-state index contributed by atoms with van der Waals surface area (Å²) in [6.45, 7) is 9.18. The van der Waals surface area contributed by atoms with Crippen LogP contribution in [0.1, 0.15) is 19.4 Å². The molecule has 23 heavy (non-hydrogen) atoms. The van der Waals surface area contributed by atoms with E-state index in [1.54, 1.807) is 0 Å². The van der Waals surface area contributed by atoms with Crippen molar-refractivity contribution in [1.29, 1.82) is 0 Å². The van der Waals surface area contributed by atoms with Crippen LogP contribution in [0.25, 0.3) is 0 Å². The predicted molar refractivity (Wildman–Crippen MR) is 90.1 cm³/mol. The molecule has 5 heteroatoms. The van der Waals surface area contributed by atoms with Crippen molar-refractivity contribution < 1.29 is 14.3 Å². The SMILES string of the molecule is CC(C)CN1CCOC(CNC(=O)COCc2ccccc2)C1. The quantitative estimate of drug-likeness (QED) is 0.792. The molecule has 0 radical (unpaired) electrons. The summed E-state index contributed by atoms with van der Waals surface area (Å²) in [6, 6.07) is 9.85. The van der Waals surface area contributed by atoms with Gasteiger partial charge >= 0.3 is 0 Å². The van der Waals surface area contributed by atoms with E-state index in [2.05, 4.69) is 24.1 Å². The Bertz CT molecular complexity index is 465. The minimum absolute atomic E-state index is 0.0700. The van der Waals surface area contributed by atoms with Gasteiger partial charge in [0.25, 0.3) is 0 Å². The molecule has 0 bridgehead atoms. The number of carbonyl (C=O) groups excluding carboxylic acids is 1. The zero-order valence-electron chi connectivity index (χ0n) is 14.2. The molecule has 1 aromatic carbocycles. The Labute approximate surface area is 139 Å². The summed E-state index contributed by atoms with van der Waals surface area (Å²) in [4.78, 5) is 14.2. The number of hydrogen-bond donors (Lipinski definition) is 1. The standard InChI is InChI=1S/C18H28N2O3/c1-15(2)11-20-8-9-23-17(12-20)10-19-18(21)14-22-13-16-6-4-3-5-7-16/h3-7,15,17H,8-14H2,1-2H3,(H,19,21). The van der Waals surface area contributed by atoms with Crippen molar-refractivity contribution >= 4 is 5.91 Å². The molecule has 1 aliphatic rings. The molecule has 0 aromatic heterocycles.